The Labute approximate surface area is 270 Å². The van der Waals surface area contributed by atoms with Gasteiger partial charge in [0.15, 0.2) is 0 Å². The van der Waals surface area contributed by atoms with E-state index in [2.05, 4.69) is 15.4 Å². The van der Waals surface area contributed by atoms with Crippen molar-refractivity contribution in [1.29, 1.82) is 0 Å². The van der Waals surface area contributed by atoms with Gasteiger partial charge in [0, 0.05) is 13.1 Å². The minimum Gasteiger partial charge on any atom is -0.480 e. The molecule has 0 unspecified atom stereocenters. The van der Waals surface area contributed by atoms with E-state index in [4.69, 9.17) is 47.7 Å². The first kappa shape index (κ1) is 41.1. The zero-order valence-corrected chi connectivity index (χ0v) is 26.5. The Morgan fingerprint density at radius 3 is 1.30 bits per heavy atom. The summed E-state index contributed by atoms with van der Waals surface area (Å²) in [6.45, 7) is 6.88. The minimum atomic E-state index is -1.13. The van der Waals surface area contributed by atoms with Crippen LogP contribution < -0.4 is 10.6 Å². The summed E-state index contributed by atoms with van der Waals surface area (Å²) in [5.41, 5.74) is 0.929. The molecule has 46 heavy (non-hydrogen) atoms. The number of aliphatic carboxylic acids is 1. The van der Waals surface area contributed by atoms with E-state index < -0.39 is 24.6 Å². The molecule has 264 valence electrons. The highest BCUT2D eigenvalue weighted by molar-refractivity contribution is 5.77. The van der Waals surface area contributed by atoms with E-state index in [9.17, 15) is 14.4 Å². The molecule has 0 aliphatic heterocycles. The number of nitrogens with one attached hydrogen (secondary N) is 2. The van der Waals surface area contributed by atoms with Crippen LogP contribution in [-0.2, 0) is 63.6 Å². The fourth-order valence-electron chi connectivity index (χ4n) is 3.19. The normalized spacial score (nSPS) is 11.0. The van der Waals surface area contributed by atoms with E-state index >= 15 is 0 Å². The second-order valence-electron chi connectivity index (χ2n) is 9.12. The van der Waals surface area contributed by atoms with Crippen molar-refractivity contribution in [1.82, 2.24) is 10.6 Å². The summed E-state index contributed by atoms with van der Waals surface area (Å²) in [5.74, 6) is -1.53. The first-order chi connectivity index (χ1) is 22.6. The number of rotatable bonds is 33. The first-order valence-corrected chi connectivity index (χ1v) is 15.2. The molecular formula is C30H50N2O14. The molecule has 1 aromatic rings. The van der Waals surface area contributed by atoms with Crippen LogP contribution in [0.2, 0.25) is 0 Å². The van der Waals surface area contributed by atoms with Gasteiger partial charge in [0.25, 0.3) is 0 Å². The van der Waals surface area contributed by atoms with Crippen LogP contribution in [0.15, 0.2) is 30.3 Å². The maximum absolute atomic E-state index is 11.6. The third-order valence-electron chi connectivity index (χ3n) is 5.36. The zero-order chi connectivity index (χ0) is 33.2. The lowest BCUT2D eigenvalue weighted by Crippen LogP contribution is -2.31. The zero-order valence-electron chi connectivity index (χ0n) is 26.5. The third-order valence-corrected chi connectivity index (χ3v) is 5.36. The van der Waals surface area contributed by atoms with Crippen molar-refractivity contribution < 1.29 is 66.9 Å². The third kappa shape index (κ3) is 29.8. The van der Waals surface area contributed by atoms with Gasteiger partial charge < -0.3 is 63.1 Å². The molecule has 0 aliphatic carbocycles. The number of benzene rings is 1. The fraction of sp³-hybridized carbons (Fsp3) is 0.700. The van der Waals surface area contributed by atoms with Gasteiger partial charge in [-0.05, 0) is 5.56 Å². The van der Waals surface area contributed by atoms with E-state index in [1.807, 2.05) is 30.3 Å². The van der Waals surface area contributed by atoms with Crippen LogP contribution in [0.1, 0.15) is 5.56 Å². The van der Waals surface area contributed by atoms with Gasteiger partial charge in [0.1, 0.15) is 19.8 Å². The summed E-state index contributed by atoms with van der Waals surface area (Å²) in [7, 11) is 0. The number of carboxylic acid groups (broad SMARTS) is 1. The highest BCUT2D eigenvalue weighted by Crippen LogP contribution is 2.00. The van der Waals surface area contributed by atoms with Crippen LogP contribution >= 0.6 is 0 Å². The smallest absolute Gasteiger partial charge is 0.407 e. The largest absolute Gasteiger partial charge is 0.480 e. The monoisotopic (exact) mass is 662 g/mol. The number of carbonyl (C=O) groups excluding carboxylic acids is 2. The van der Waals surface area contributed by atoms with Crippen LogP contribution in [0.4, 0.5) is 4.79 Å². The number of amides is 2. The molecule has 2 amide bonds. The Kier molecular flexibility index (Phi) is 28.6. The molecule has 16 heteroatoms. The van der Waals surface area contributed by atoms with Crippen LogP contribution in [0, 0.1) is 0 Å². The van der Waals surface area contributed by atoms with Crippen molar-refractivity contribution >= 4 is 18.0 Å². The lowest BCUT2D eigenvalue weighted by molar-refractivity contribution is -0.143. The van der Waals surface area contributed by atoms with E-state index in [0.29, 0.717) is 119 Å². The lowest BCUT2D eigenvalue weighted by Gasteiger charge is -2.09. The van der Waals surface area contributed by atoms with Gasteiger partial charge in [-0.3, -0.25) is 4.79 Å². The number of carbonyl (C=O) groups is 3. The van der Waals surface area contributed by atoms with E-state index in [0.717, 1.165) is 5.56 Å². The van der Waals surface area contributed by atoms with Crippen molar-refractivity contribution in [2.45, 2.75) is 6.61 Å². The van der Waals surface area contributed by atoms with Gasteiger partial charge in [-0.25, -0.2) is 9.59 Å². The molecular weight excluding hydrogens is 612 g/mol. The fourth-order valence-corrected chi connectivity index (χ4v) is 3.19. The van der Waals surface area contributed by atoms with Crippen molar-refractivity contribution in [3.63, 3.8) is 0 Å². The molecule has 0 spiro atoms. The molecule has 0 bridgehead atoms. The molecule has 16 nitrogen and oxygen atoms in total. The molecule has 1 rings (SSSR count). The molecule has 0 aromatic heterocycles. The van der Waals surface area contributed by atoms with Crippen LogP contribution in [0.25, 0.3) is 0 Å². The summed E-state index contributed by atoms with van der Waals surface area (Å²) >= 11 is 0. The SMILES string of the molecule is O=C(O)COCC(=O)NCCOCCOCCOCCOCCOCCOCCOCCOCCNC(=O)OCc1ccccc1. The lowest BCUT2D eigenvalue weighted by atomic mass is 10.2. The quantitative estimate of drug-likeness (QED) is 0.0870. The van der Waals surface area contributed by atoms with Crippen molar-refractivity contribution in [3.8, 4) is 0 Å². The molecule has 1 aromatic carbocycles. The molecule has 0 heterocycles. The predicted octanol–water partition coefficient (Wildman–Crippen LogP) is 0.263. The second-order valence-corrected chi connectivity index (χ2v) is 9.12. The Morgan fingerprint density at radius 2 is 0.891 bits per heavy atom. The summed E-state index contributed by atoms with van der Waals surface area (Å²) in [6, 6.07) is 9.47. The molecule has 0 saturated carbocycles. The number of carboxylic acids is 1. The van der Waals surface area contributed by atoms with Crippen molar-refractivity contribution in [2.75, 3.05) is 132 Å². The van der Waals surface area contributed by atoms with Crippen LogP contribution in [0.3, 0.4) is 0 Å². The van der Waals surface area contributed by atoms with Crippen LogP contribution in [-0.4, -0.2) is 155 Å². The Morgan fingerprint density at radius 1 is 0.500 bits per heavy atom. The average Bonchev–Trinajstić information content (AvgIpc) is 3.05. The van der Waals surface area contributed by atoms with Gasteiger partial charge in [0.2, 0.25) is 5.91 Å². The van der Waals surface area contributed by atoms with Crippen molar-refractivity contribution in [3.05, 3.63) is 35.9 Å². The van der Waals surface area contributed by atoms with Gasteiger partial charge in [-0.15, -0.1) is 0 Å². The van der Waals surface area contributed by atoms with Gasteiger partial charge in [-0.1, -0.05) is 30.3 Å². The number of hydrogen-bond donors (Lipinski definition) is 3. The van der Waals surface area contributed by atoms with E-state index in [1.54, 1.807) is 0 Å². The molecule has 0 radical (unpaired) electrons. The van der Waals surface area contributed by atoms with E-state index in [-0.39, 0.29) is 13.2 Å². The Bertz CT molecular complexity index is 865. The highest BCUT2D eigenvalue weighted by Gasteiger charge is 2.04. The molecule has 0 aliphatic rings. The molecule has 0 atom stereocenters. The highest BCUT2D eigenvalue weighted by atomic mass is 16.6. The maximum Gasteiger partial charge on any atom is 0.407 e. The van der Waals surface area contributed by atoms with Crippen molar-refractivity contribution in [2.24, 2.45) is 0 Å². The standard InChI is InChI=1S/C30H50N2O14/c33-28(25-45-26-29(34)35)31-6-8-37-10-12-39-14-16-41-18-20-43-22-23-44-21-19-42-17-15-40-13-11-38-9-7-32-30(36)46-24-27-4-2-1-3-5-27/h1-5H,6-26H2,(H,31,33)(H,32,36)(H,34,35). The average molecular weight is 663 g/mol. The topological polar surface area (TPSA) is 188 Å². The number of ether oxygens (including phenoxy) is 10. The summed E-state index contributed by atoms with van der Waals surface area (Å²) < 4.78 is 53.1. The molecule has 0 fully saturated rings. The van der Waals surface area contributed by atoms with Gasteiger partial charge >= 0.3 is 12.1 Å². The van der Waals surface area contributed by atoms with Crippen LogP contribution in [0.5, 0.6) is 0 Å². The Balaban J connectivity index is 1.66. The second kappa shape index (κ2) is 32.0. The summed E-state index contributed by atoms with van der Waals surface area (Å²) in [6.07, 6.45) is -0.479. The predicted molar refractivity (Wildman–Crippen MR) is 163 cm³/mol. The summed E-state index contributed by atoms with van der Waals surface area (Å²) in [5, 5.41) is 13.6. The molecule has 3 N–H and O–H groups in total. The number of hydrogen-bond acceptors (Lipinski definition) is 13. The Hall–Kier alpha value is -2.93. The minimum absolute atomic E-state index is 0.229. The first-order valence-electron chi connectivity index (χ1n) is 15.2. The summed E-state index contributed by atoms with van der Waals surface area (Å²) in [4.78, 5) is 33.3. The van der Waals surface area contributed by atoms with Gasteiger partial charge in [-0.2, -0.15) is 0 Å². The van der Waals surface area contributed by atoms with E-state index in [1.165, 1.54) is 0 Å². The van der Waals surface area contributed by atoms with Gasteiger partial charge in [0.05, 0.1) is 106 Å². The molecule has 0 saturated heterocycles. The number of alkyl carbamates (subject to hydrolysis) is 1. The maximum atomic E-state index is 11.6.